The Hall–Kier alpha value is -3.57. The van der Waals surface area contributed by atoms with Gasteiger partial charge in [-0.05, 0) is 37.5 Å². The summed E-state index contributed by atoms with van der Waals surface area (Å²) >= 11 is 0. The maximum atomic E-state index is 13.5. The van der Waals surface area contributed by atoms with E-state index < -0.39 is 0 Å². The van der Waals surface area contributed by atoms with Gasteiger partial charge < -0.3 is 26.4 Å². The molecule has 11 heteroatoms. The number of nitrogens with two attached hydrogens (primary N) is 1. The van der Waals surface area contributed by atoms with Gasteiger partial charge in [0.2, 0.25) is 5.95 Å². The fourth-order valence-corrected chi connectivity index (χ4v) is 4.52. The number of rotatable bonds is 9. The topological polar surface area (TPSA) is 151 Å². The highest BCUT2D eigenvalue weighted by Gasteiger charge is 2.20. The van der Waals surface area contributed by atoms with Crippen LogP contribution in [0.5, 0.6) is 0 Å². The molecular weight excluding hydrogens is 460 g/mol. The number of hydrogen-bond donors (Lipinski definition) is 4. The van der Waals surface area contributed by atoms with Crippen molar-refractivity contribution >= 4 is 28.6 Å². The van der Waals surface area contributed by atoms with Crippen molar-refractivity contribution in [3.8, 4) is 0 Å². The number of aliphatic hydroxyl groups is 1. The monoisotopic (exact) mass is 494 g/mol. The molecule has 1 unspecified atom stereocenters. The standard InChI is InChI=1S/C25H34N8O3/c1-3-4-19(9-14-34)28-22-20-21(29-25(26)30-22)16(2)31-33(24(20)36)15-17-5-7-18(8-6-17)23(35)32-12-10-27-11-13-32/h5-8,19,27,34H,3-4,9-15H2,1-2H3,(H3,26,28,29,30). The quantitative estimate of drug-likeness (QED) is 0.343. The minimum Gasteiger partial charge on any atom is -0.396 e. The van der Waals surface area contributed by atoms with Crippen LogP contribution in [0.3, 0.4) is 0 Å². The van der Waals surface area contributed by atoms with Gasteiger partial charge in [0.1, 0.15) is 16.7 Å². The van der Waals surface area contributed by atoms with Crippen LogP contribution >= 0.6 is 0 Å². The fourth-order valence-electron chi connectivity index (χ4n) is 4.52. The number of amides is 1. The SMILES string of the molecule is CCCC(CCO)Nc1nc(N)nc2c(C)nn(Cc3ccc(C(=O)N4CCNCC4)cc3)c(=O)c12. The van der Waals surface area contributed by atoms with E-state index in [2.05, 4.69) is 32.6 Å². The molecule has 11 nitrogen and oxygen atoms in total. The van der Waals surface area contributed by atoms with Gasteiger partial charge in [-0.15, -0.1) is 0 Å². The van der Waals surface area contributed by atoms with Crippen molar-refractivity contribution in [1.29, 1.82) is 0 Å². The summed E-state index contributed by atoms with van der Waals surface area (Å²) in [6, 6.07) is 7.22. The average Bonchev–Trinajstić information content (AvgIpc) is 2.88. The third kappa shape index (κ3) is 5.63. The van der Waals surface area contributed by atoms with Crippen molar-refractivity contribution in [3.63, 3.8) is 0 Å². The molecule has 0 saturated carbocycles. The zero-order valence-electron chi connectivity index (χ0n) is 20.8. The Morgan fingerprint density at radius 1 is 1.19 bits per heavy atom. The molecule has 36 heavy (non-hydrogen) atoms. The largest absolute Gasteiger partial charge is 0.396 e. The number of piperazine rings is 1. The van der Waals surface area contributed by atoms with Crippen LogP contribution < -0.4 is 21.9 Å². The molecule has 1 saturated heterocycles. The van der Waals surface area contributed by atoms with Crippen LogP contribution in [0.4, 0.5) is 11.8 Å². The Morgan fingerprint density at radius 2 is 1.92 bits per heavy atom. The fraction of sp³-hybridized carbons (Fsp3) is 0.480. The predicted octanol–water partition coefficient (Wildman–Crippen LogP) is 1.13. The number of carbonyl (C=O) groups is 1. The number of nitrogen functional groups attached to an aromatic ring is 1. The van der Waals surface area contributed by atoms with E-state index in [1.807, 2.05) is 17.0 Å². The third-order valence-electron chi connectivity index (χ3n) is 6.38. The molecule has 5 N–H and O–H groups in total. The first-order valence-electron chi connectivity index (χ1n) is 12.4. The number of aromatic nitrogens is 4. The van der Waals surface area contributed by atoms with Gasteiger partial charge in [-0.1, -0.05) is 25.5 Å². The number of hydrogen-bond acceptors (Lipinski definition) is 9. The highest BCUT2D eigenvalue weighted by Crippen LogP contribution is 2.22. The summed E-state index contributed by atoms with van der Waals surface area (Å²) in [5, 5.41) is 20.8. The first kappa shape index (κ1) is 25.5. The maximum absolute atomic E-state index is 13.5. The Morgan fingerprint density at radius 3 is 2.58 bits per heavy atom. The average molecular weight is 495 g/mol. The number of anilines is 2. The van der Waals surface area contributed by atoms with E-state index in [9.17, 15) is 14.7 Å². The van der Waals surface area contributed by atoms with Crippen molar-refractivity contribution in [2.75, 3.05) is 43.8 Å². The van der Waals surface area contributed by atoms with Gasteiger partial charge in [-0.2, -0.15) is 10.1 Å². The number of aliphatic hydroxyl groups excluding tert-OH is 1. The number of nitrogens with zero attached hydrogens (tertiary/aromatic N) is 5. The van der Waals surface area contributed by atoms with E-state index in [-0.39, 0.29) is 36.6 Å². The molecule has 1 fully saturated rings. The lowest BCUT2D eigenvalue weighted by Gasteiger charge is -2.27. The summed E-state index contributed by atoms with van der Waals surface area (Å²) in [5.74, 6) is 0.413. The van der Waals surface area contributed by atoms with Crippen molar-refractivity contribution in [1.82, 2.24) is 30.0 Å². The molecule has 1 atom stereocenters. The van der Waals surface area contributed by atoms with Crippen LogP contribution in [0.25, 0.3) is 10.9 Å². The maximum Gasteiger partial charge on any atom is 0.280 e. The van der Waals surface area contributed by atoms with Crippen LogP contribution in [-0.2, 0) is 6.54 Å². The molecule has 0 radical (unpaired) electrons. The molecule has 0 aliphatic carbocycles. The van der Waals surface area contributed by atoms with Gasteiger partial charge in [0.25, 0.3) is 11.5 Å². The first-order valence-corrected chi connectivity index (χ1v) is 12.4. The molecule has 3 aromatic rings. The molecule has 1 aromatic carbocycles. The lowest BCUT2D eigenvalue weighted by atomic mass is 10.1. The predicted molar refractivity (Wildman–Crippen MR) is 139 cm³/mol. The van der Waals surface area contributed by atoms with Crippen molar-refractivity contribution < 1.29 is 9.90 Å². The van der Waals surface area contributed by atoms with E-state index in [1.165, 1.54) is 4.68 Å². The first-order chi connectivity index (χ1) is 17.4. The molecule has 1 amide bonds. The minimum absolute atomic E-state index is 0.00913. The van der Waals surface area contributed by atoms with Crippen molar-refractivity contribution in [3.05, 3.63) is 51.4 Å². The van der Waals surface area contributed by atoms with Crippen molar-refractivity contribution in [2.24, 2.45) is 0 Å². The molecule has 0 bridgehead atoms. The Bertz CT molecular complexity index is 1260. The van der Waals surface area contributed by atoms with Gasteiger partial charge in [-0.3, -0.25) is 9.59 Å². The highest BCUT2D eigenvalue weighted by molar-refractivity contribution is 5.94. The van der Waals surface area contributed by atoms with E-state index in [0.717, 1.165) is 31.5 Å². The van der Waals surface area contributed by atoms with Gasteiger partial charge in [0.05, 0.1) is 12.2 Å². The van der Waals surface area contributed by atoms with Gasteiger partial charge in [0, 0.05) is 44.4 Å². The molecule has 192 valence electrons. The molecule has 4 rings (SSSR count). The van der Waals surface area contributed by atoms with E-state index in [4.69, 9.17) is 5.73 Å². The summed E-state index contributed by atoms with van der Waals surface area (Å²) in [4.78, 5) is 36.7. The third-order valence-corrected chi connectivity index (χ3v) is 6.38. The second-order valence-corrected chi connectivity index (χ2v) is 9.08. The molecule has 2 aromatic heterocycles. The lowest BCUT2D eigenvalue weighted by Crippen LogP contribution is -2.46. The molecule has 3 heterocycles. The number of nitrogens with one attached hydrogen (secondary N) is 2. The van der Waals surface area contributed by atoms with Crippen LogP contribution in [0.1, 0.15) is 47.8 Å². The Labute approximate surface area is 209 Å². The van der Waals surface area contributed by atoms with Gasteiger partial charge >= 0.3 is 0 Å². The van der Waals surface area contributed by atoms with E-state index >= 15 is 0 Å². The van der Waals surface area contributed by atoms with E-state index in [1.54, 1.807) is 19.1 Å². The minimum atomic E-state index is -0.335. The zero-order valence-corrected chi connectivity index (χ0v) is 20.8. The summed E-state index contributed by atoms with van der Waals surface area (Å²) < 4.78 is 1.39. The van der Waals surface area contributed by atoms with Crippen molar-refractivity contribution in [2.45, 2.75) is 45.7 Å². The van der Waals surface area contributed by atoms with Crippen LogP contribution in [0.2, 0.25) is 0 Å². The molecule has 1 aliphatic heterocycles. The van der Waals surface area contributed by atoms with Gasteiger partial charge in [0.15, 0.2) is 0 Å². The summed E-state index contributed by atoms with van der Waals surface area (Å²) in [6.45, 7) is 7.07. The second kappa shape index (κ2) is 11.4. The van der Waals surface area contributed by atoms with Gasteiger partial charge in [-0.25, -0.2) is 9.67 Å². The lowest BCUT2D eigenvalue weighted by molar-refractivity contribution is 0.0736. The Balaban J connectivity index is 1.63. The molecular formula is C25H34N8O3. The van der Waals surface area contributed by atoms with Crippen LogP contribution in [0.15, 0.2) is 29.1 Å². The number of fused-ring (bicyclic) bond motifs is 1. The second-order valence-electron chi connectivity index (χ2n) is 9.08. The molecule has 1 aliphatic rings. The summed E-state index contributed by atoms with van der Waals surface area (Å²) in [6.07, 6.45) is 2.24. The molecule has 0 spiro atoms. The van der Waals surface area contributed by atoms with E-state index in [0.29, 0.717) is 47.5 Å². The van der Waals surface area contributed by atoms with Crippen LogP contribution in [-0.4, -0.2) is 74.5 Å². The Kier molecular flexibility index (Phi) is 8.11. The van der Waals surface area contributed by atoms with Crippen LogP contribution in [0, 0.1) is 6.92 Å². The smallest absolute Gasteiger partial charge is 0.280 e. The number of carbonyl (C=O) groups excluding carboxylic acids is 1. The number of benzene rings is 1. The summed E-state index contributed by atoms with van der Waals surface area (Å²) in [5.41, 5.74) is 8.03. The normalized spacial score (nSPS) is 14.7. The zero-order chi connectivity index (χ0) is 25.7. The summed E-state index contributed by atoms with van der Waals surface area (Å²) in [7, 11) is 0. The number of aryl methyl sites for hydroxylation is 1. The highest BCUT2D eigenvalue weighted by atomic mass is 16.3.